The quantitative estimate of drug-likeness (QED) is 0.287. The van der Waals surface area contributed by atoms with Gasteiger partial charge in [-0.3, -0.25) is 14.9 Å². The fourth-order valence-corrected chi connectivity index (χ4v) is 3.65. The number of carbonyl (C=O) groups is 1. The van der Waals surface area contributed by atoms with Gasteiger partial charge in [0.15, 0.2) is 0 Å². The van der Waals surface area contributed by atoms with Crippen LogP contribution < -0.4 is 5.43 Å². The number of aryl methyl sites for hydroxylation is 1. The zero-order valence-corrected chi connectivity index (χ0v) is 17.1. The van der Waals surface area contributed by atoms with Crippen molar-refractivity contribution < 1.29 is 9.72 Å². The Morgan fingerprint density at radius 1 is 1.03 bits per heavy atom. The van der Waals surface area contributed by atoms with Gasteiger partial charge in [0, 0.05) is 40.0 Å². The molecule has 7 heteroatoms. The molecule has 0 unspecified atom stereocenters. The first-order chi connectivity index (χ1) is 15.0. The van der Waals surface area contributed by atoms with Crippen LogP contribution in [0.15, 0.2) is 77.9 Å². The molecule has 4 rings (SSSR count). The summed E-state index contributed by atoms with van der Waals surface area (Å²) >= 11 is 0. The number of non-ortho nitro benzene ring substituents is 1. The molecule has 0 spiro atoms. The number of rotatable bonds is 5. The second-order valence-corrected chi connectivity index (χ2v) is 7.16. The molecule has 154 valence electrons. The molecular weight excluding hydrogens is 392 g/mol. The SMILES string of the molecule is Cc1cc(/C=N\NC(=O)c2ccc([N+](=O)[O-])cc2)c(C)n1-c1cccc2ccccc12. The lowest BCUT2D eigenvalue weighted by Crippen LogP contribution is -2.17. The van der Waals surface area contributed by atoms with E-state index in [9.17, 15) is 14.9 Å². The molecule has 3 aromatic carbocycles. The van der Waals surface area contributed by atoms with Gasteiger partial charge in [-0.15, -0.1) is 0 Å². The van der Waals surface area contributed by atoms with Crippen molar-refractivity contribution in [2.45, 2.75) is 13.8 Å². The van der Waals surface area contributed by atoms with Gasteiger partial charge < -0.3 is 4.57 Å². The number of carbonyl (C=O) groups excluding carboxylic acids is 1. The van der Waals surface area contributed by atoms with Crippen molar-refractivity contribution in [1.29, 1.82) is 0 Å². The summed E-state index contributed by atoms with van der Waals surface area (Å²) < 4.78 is 2.17. The lowest BCUT2D eigenvalue weighted by molar-refractivity contribution is -0.384. The Hall–Kier alpha value is -4.26. The zero-order valence-electron chi connectivity index (χ0n) is 17.1. The van der Waals surface area contributed by atoms with E-state index in [2.05, 4.69) is 39.4 Å². The van der Waals surface area contributed by atoms with Gasteiger partial charge in [0.25, 0.3) is 11.6 Å². The van der Waals surface area contributed by atoms with Crippen molar-refractivity contribution in [2.24, 2.45) is 5.10 Å². The minimum atomic E-state index is -0.508. The Bertz CT molecular complexity index is 1320. The summed E-state index contributed by atoms with van der Waals surface area (Å²) in [6.07, 6.45) is 1.60. The number of aromatic nitrogens is 1. The largest absolute Gasteiger partial charge is 0.317 e. The van der Waals surface area contributed by atoms with Crippen molar-refractivity contribution in [2.75, 3.05) is 0 Å². The molecule has 4 aromatic rings. The number of hydrazone groups is 1. The molecule has 0 bridgehead atoms. The number of nitrogens with one attached hydrogen (secondary N) is 1. The number of nitrogens with zero attached hydrogens (tertiary/aromatic N) is 3. The smallest absolute Gasteiger partial charge is 0.271 e. The highest BCUT2D eigenvalue weighted by molar-refractivity contribution is 5.95. The molecule has 0 aliphatic heterocycles. The monoisotopic (exact) mass is 412 g/mol. The molecule has 0 atom stereocenters. The van der Waals surface area contributed by atoms with E-state index >= 15 is 0 Å². The van der Waals surface area contributed by atoms with Gasteiger partial charge in [0.05, 0.1) is 16.8 Å². The Balaban J connectivity index is 1.57. The van der Waals surface area contributed by atoms with Crippen LogP contribution in [0.2, 0.25) is 0 Å². The van der Waals surface area contributed by atoms with E-state index in [1.807, 2.05) is 38.1 Å². The van der Waals surface area contributed by atoms with Crippen molar-refractivity contribution in [3.05, 3.63) is 105 Å². The Morgan fingerprint density at radius 2 is 1.74 bits per heavy atom. The van der Waals surface area contributed by atoms with Gasteiger partial charge in [-0.25, -0.2) is 5.43 Å². The van der Waals surface area contributed by atoms with Gasteiger partial charge >= 0.3 is 0 Å². The maximum absolute atomic E-state index is 12.2. The molecule has 0 aliphatic carbocycles. The van der Waals surface area contributed by atoms with Crippen LogP contribution in [0, 0.1) is 24.0 Å². The number of amides is 1. The first-order valence-corrected chi connectivity index (χ1v) is 9.70. The van der Waals surface area contributed by atoms with Crippen molar-refractivity contribution in [3.63, 3.8) is 0 Å². The Morgan fingerprint density at radius 3 is 2.48 bits per heavy atom. The van der Waals surface area contributed by atoms with Crippen LogP contribution in [0.1, 0.15) is 27.3 Å². The normalized spacial score (nSPS) is 11.2. The molecule has 0 radical (unpaired) electrons. The third kappa shape index (κ3) is 3.93. The van der Waals surface area contributed by atoms with E-state index < -0.39 is 10.8 Å². The van der Waals surface area contributed by atoms with Crippen LogP contribution in [0.5, 0.6) is 0 Å². The summed E-state index contributed by atoms with van der Waals surface area (Å²) in [6.45, 7) is 4.04. The highest BCUT2D eigenvalue weighted by Crippen LogP contribution is 2.26. The summed E-state index contributed by atoms with van der Waals surface area (Å²) in [7, 11) is 0. The average Bonchev–Trinajstić information content (AvgIpc) is 3.06. The highest BCUT2D eigenvalue weighted by Gasteiger charge is 2.12. The minimum Gasteiger partial charge on any atom is -0.317 e. The highest BCUT2D eigenvalue weighted by atomic mass is 16.6. The maximum atomic E-state index is 12.2. The summed E-state index contributed by atoms with van der Waals surface area (Å²) in [4.78, 5) is 22.5. The fourth-order valence-electron chi connectivity index (χ4n) is 3.65. The standard InChI is InChI=1S/C24H20N4O3/c1-16-14-20(15-25-26-24(29)19-10-12-21(13-11-19)28(30)31)17(2)27(16)23-9-5-7-18-6-3-4-8-22(18)23/h3-15H,1-2H3,(H,26,29)/b25-15-. The maximum Gasteiger partial charge on any atom is 0.271 e. The lowest BCUT2D eigenvalue weighted by Gasteiger charge is -2.12. The topological polar surface area (TPSA) is 89.5 Å². The molecule has 7 nitrogen and oxygen atoms in total. The van der Waals surface area contributed by atoms with E-state index in [0.717, 1.165) is 33.4 Å². The number of benzene rings is 3. The van der Waals surface area contributed by atoms with Crippen LogP contribution in [0.4, 0.5) is 5.69 Å². The summed E-state index contributed by atoms with van der Waals surface area (Å²) in [5.74, 6) is -0.436. The minimum absolute atomic E-state index is 0.0686. The lowest BCUT2D eigenvalue weighted by atomic mass is 10.1. The van der Waals surface area contributed by atoms with Gasteiger partial charge in [0.2, 0.25) is 0 Å². The zero-order chi connectivity index (χ0) is 22.0. The Labute approximate surface area is 178 Å². The van der Waals surface area contributed by atoms with E-state index in [-0.39, 0.29) is 5.69 Å². The third-order valence-electron chi connectivity index (χ3n) is 5.19. The molecule has 0 fully saturated rings. The predicted octanol–water partition coefficient (Wildman–Crippen LogP) is 4.92. The van der Waals surface area contributed by atoms with Crippen LogP contribution in [0.25, 0.3) is 16.5 Å². The number of nitro groups is 1. The molecule has 1 N–H and O–H groups in total. The van der Waals surface area contributed by atoms with Gasteiger partial charge in [-0.05, 0) is 43.5 Å². The third-order valence-corrected chi connectivity index (χ3v) is 5.19. The summed E-state index contributed by atoms with van der Waals surface area (Å²) in [5, 5.41) is 17.1. The second kappa shape index (κ2) is 8.23. The first kappa shape index (κ1) is 20.0. The molecule has 31 heavy (non-hydrogen) atoms. The number of hydrogen-bond donors (Lipinski definition) is 1. The number of nitro benzene ring substituents is 1. The molecule has 0 saturated heterocycles. The fraction of sp³-hybridized carbons (Fsp3) is 0.0833. The van der Waals surface area contributed by atoms with E-state index in [1.54, 1.807) is 6.21 Å². The Kier molecular flexibility index (Phi) is 5.32. The molecule has 0 saturated carbocycles. The van der Waals surface area contributed by atoms with Crippen LogP contribution in [-0.4, -0.2) is 21.6 Å². The van der Waals surface area contributed by atoms with Crippen molar-refractivity contribution >= 4 is 28.6 Å². The van der Waals surface area contributed by atoms with Crippen LogP contribution >= 0.6 is 0 Å². The number of fused-ring (bicyclic) bond motifs is 1. The first-order valence-electron chi connectivity index (χ1n) is 9.70. The predicted molar refractivity (Wildman–Crippen MR) is 121 cm³/mol. The summed E-state index contributed by atoms with van der Waals surface area (Å²) in [5.41, 5.74) is 6.72. The van der Waals surface area contributed by atoms with Gasteiger partial charge in [-0.2, -0.15) is 5.10 Å². The van der Waals surface area contributed by atoms with Crippen LogP contribution in [0.3, 0.4) is 0 Å². The van der Waals surface area contributed by atoms with Crippen LogP contribution in [-0.2, 0) is 0 Å². The second-order valence-electron chi connectivity index (χ2n) is 7.16. The summed E-state index contributed by atoms with van der Waals surface area (Å²) in [6, 6.07) is 21.8. The molecule has 1 heterocycles. The molecule has 1 amide bonds. The van der Waals surface area contributed by atoms with Crippen molar-refractivity contribution in [3.8, 4) is 5.69 Å². The van der Waals surface area contributed by atoms with E-state index in [1.165, 1.54) is 24.3 Å². The average molecular weight is 412 g/mol. The van der Waals surface area contributed by atoms with E-state index in [4.69, 9.17) is 0 Å². The molecule has 0 aliphatic rings. The molecule has 1 aromatic heterocycles. The van der Waals surface area contributed by atoms with Gasteiger partial charge in [-0.1, -0.05) is 36.4 Å². The van der Waals surface area contributed by atoms with E-state index in [0.29, 0.717) is 5.56 Å². The number of hydrogen-bond acceptors (Lipinski definition) is 4. The molecular formula is C24H20N4O3. The van der Waals surface area contributed by atoms with Crippen molar-refractivity contribution in [1.82, 2.24) is 9.99 Å². The van der Waals surface area contributed by atoms with Gasteiger partial charge in [0.1, 0.15) is 0 Å².